The lowest BCUT2D eigenvalue weighted by Gasteiger charge is -2.02. The lowest BCUT2D eigenvalue weighted by Crippen LogP contribution is -2.04. The van der Waals surface area contributed by atoms with Crippen LogP contribution in [0.25, 0.3) is 0 Å². The van der Waals surface area contributed by atoms with Gasteiger partial charge in [0.1, 0.15) is 6.61 Å². The molecular weight excluding hydrogens is 206 g/mol. The Balaban J connectivity index is 2.68. The fourth-order valence-corrected chi connectivity index (χ4v) is 1.15. The van der Waals surface area contributed by atoms with Crippen molar-refractivity contribution in [2.45, 2.75) is 6.61 Å². The van der Waals surface area contributed by atoms with Crippen LogP contribution in [0.3, 0.4) is 0 Å². The number of nitrogens with zero attached hydrogens (tertiary/aromatic N) is 1. The fraction of sp³-hybridized carbons (Fsp3) is 0.375. The molecular formula is C8H11NO4S. The molecule has 0 unspecified atom stereocenters. The van der Waals surface area contributed by atoms with Crippen LogP contribution in [0.4, 0.5) is 0 Å². The van der Waals surface area contributed by atoms with E-state index in [9.17, 15) is 8.42 Å². The Morgan fingerprint density at radius 1 is 1.43 bits per heavy atom. The minimum absolute atomic E-state index is 0.0734. The Morgan fingerprint density at radius 3 is 2.71 bits per heavy atom. The van der Waals surface area contributed by atoms with E-state index in [1.165, 1.54) is 7.11 Å². The van der Waals surface area contributed by atoms with Gasteiger partial charge in [0.25, 0.3) is 10.1 Å². The average molecular weight is 217 g/mol. The van der Waals surface area contributed by atoms with E-state index in [4.69, 9.17) is 4.74 Å². The molecule has 1 heterocycles. The molecule has 0 radical (unpaired) electrons. The van der Waals surface area contributed by atoms with Gasteiger partial charge in [-0.2, -0.15) is 8.42 Å². The van der Waals surface area contributed by atoms with Crippen LogP contribution in [0.5, 0.6) is 5.88 Å². The number of rotatable bonds is 4. The lowest BCUT2D eigenvalue weighted by molar-refractivity contribution is 0.304. The van der Waals surface area contributed by atoms with Crippen LogP contribution in [0, 0.1) is 0 Å². The van der Waals surface area contributed by atoms with Crippen LogP contribution in [0.15, 0.2) is 18.2 Å². The van der Waals surface area contributed by atoms with Crippen molar-refractivity contribution in [3.8, 4) is 5.88 Å². The van der Waals surface area contributed by atoms with Crippen molar-refractivity contribution in [2.75, 3.05) is 13.4 Å². The highest BCUT2D eigenvalue weighted by Gasteiger charge is 2.04. The minimum atomic E-state index is -3.42. The molecule has 14 heavy (non-hydrogen) atoms. The maximum Gasteiger partial charge on any atom is 0.264 e. The summed E-state index contributed by atoms with van der Waals surface area (Å²) >= 11 is 0. The van der Waals surface area contributed by atoms with Crippen molar-refractivity contribution in [3.63, 3.8) is 0 Å². The maximum atomic E-state index is 10.7. The summed E-state index contributed by atoms with van der Waals surface area (Å²) in [4.78, 5) is 3.98. The number of ether oxygens (including phenoxy) is 1. The molecule has 0 aliphatic rings. The Bertz CT molecular complexity index is 402. The number of hydrogen-bond donors (Lipinski definition) is 0. The van der Waals surface area contributed by atoms with Gasteiger partial charge in [0.05, 0.1) is 19.1 Å². The predicted molar refractivity (Wildman–Crippen MR) is 50.4 cm³/mol. The summed E-state index contributed by atoms with van der Waals surface area (Å²) in [5.74, 6) is 0.430. The summed E-state index contributed by atoms with van der Waals surface area (Å²) in [5.41, 5.74) is 0.509. The molecule has 6 heteroatoms. The average Bonchev–Trinajstić information content (AvgIpc) is 2.14. The molecule has 0 aliphatic heterocycles. The lowest BCUT2D eigenvalue weighted by atomic mass is 10.4. The van der Waals surface area contributed by atoms with E-state index in [1.807, 2.05) is 0 Å². The minimum Gasteiger partial charge on any atom is -0.481 e. The van der Waals surface area contributed by atoms with Crippen molar-refractivity contribution in [1.29, 1.82) is 0 Å². The molecule has 1 aromatic heterocycles. The highest BCUT2D eigenvalue weighted by Crippen LogP contribution is 2.08. The van der Waals surface area contributed by atoms with E-state index < -0.39 is 10.1 Å². The number of aromatic nitrogens is 1. The first-order chi connectivity index (χ1) is 6.51. The molecule has 0 saturated carbocycles. The number of hydrogen-bond acceptors (Lipinski definition) is 5. The van der Waals surface area contributed by atoms with Gasteiger partial charge in [-0.1, -0.05) is 6.07 Å². The van der Waals surface area contributed by atoms with Crippen LogP contribution < -0.4 is 4.74 Å². The quantitative estimate of drug-likeness (QED) is 0.690. The monoisotopic (exact) mass is 217 g/mol. The van der Waals surface area contributed by atoms with Crippen LogP contribution in [0.2, 0.25) is 0 Å². The number of pyridine rings is 1. The summed E-state index contributed by atoms with van der Waals surface area (Å²) in [5, 5.41) is 0. The van der Waals surface area contributed by atoms with Crippen LogP contribution >= 0.6 is 0 Å². The molecule has 0 atom stereocenters. The molecule has 0 aliphatic carbocycles. The fourth-order valence-electron chi connectivity index (χ4n) is 0.819. The maximum absolute atomic E-state index is 10.7. The van der Waals surface area contributed by atoms with E-state index in [1.54, 1.807) is 18.2 Å². The van der Waals surface area contributed by atoms with Gasteiger partial charge in [0.15, 0.2) is 0 Å². The first-order valence-corrected chi connectivity index (χ1v) is 5.67. The standard InChI is InChI=1S/C8H11NO4S/c1-12-8-5-3-4-7(9-8)6-13-14(2,10)11/h3-5H,6H2,1-2H3. The summed E-state index contributed by atoms with van der Waals surface area (Å²) < 4.78 is 30.8. The first-order valence-electron chi connectivity index (χ1n) is 3.85. The summed E-state index contributed by atoms with van der Waals surface area (Å²) in [7, 11) is -1.93. The van der Waals surface area contributed by atoms with Crippen molar-refractivity contribution in [1.82, 2.24) is 4.98 Å². The zero-order valence-electron chi connectivity index (χ0n) is 7.93. The molecule has 0 spiro atoms. The molecule has 0 amide bonds. The van der Waals surface area contributed by atoms with Crippen LogP contribution in [-0.2, 0) is 20.9 Å². The van der Waals surface area contributed by atoms with Gasteiger partial charge in [-0.05, 0) is 6.07 Å². The first kappa shape index (κ1) is 10.9. The zero-order chi connectivity index (χ0) is 10.6. The van der Waals surface area contributed by atoms with Crippen LogP contribution in [-0.4, -0.2) is 26.8 Å². The Hall–Kier alpha value is -1.14. The predicted octanol–water partition coefficient (Wildman–Crippen LogP) is 0.566. The van der Waals surface area contributed by atoms with Gasteiger partial charge in [0, 0.05) is 6.07 Å². The molecule has 1 aromatic rings. The molecule has 78 valence electrons. The normalized spacial score (nSPS) is 11.3. The van der Waals surface area contributed by atoms with E-state index in [-0.39, 0.29) is 6.61 Å². The molecule has 5 nitrogen and oxygen atoms in total. The molecule has 0 N–H and O–H groups in total. The van der Waals surface area contributed by atoms with E-state index in [0.29, 0.717) is 11.6 Å². The second-order valence-corrected chi connectivity index (χ2v) is 4.28. The smallest absolute Gasteiger partial charge is 0.264 e. The van der Waals surface area contributed by atoms with Gasteiger partial charge in [0.2, 0.25) is 5.88 Å². The van der Waals surface area contributed by atoms with E-state index in [0.717, 1.165) is 6.26 Å². The van der Waals surface area contributed by atoms with Gasteiger partial charge in [-0.3, -0.25) is 4.18 Å². The highest BCUT2D eigenvalue weighted by molar-refractivity contribution is 7.85. The summed E-state index contributed by atoms with van der Waals surface area (Å²) in [6.45, 7) is -0.0734. The van der Waals surface area contributed by atoms with Crippen molar-refractivity contribution < 1.29 is 17.3 Å². The topological polar surface area (TPSA) is 65.5 Å². The van der Waals surface area contributed by atoms with Gasteiger partial charge < -0.3 is 4.74 Å². The Labute approximate surface area is 82.8 Å². The third-order valence-corrected chi connectivity index (χ3v) is 1.96. The molecule has 1 rings (SSSR count). The van der Waals surface area contributed by atoms with Crippen LogP contribution in [0.1, 0.15) is 5.69 Å². The SMILES string of the molecule is COc1cccc(COS(C)(=O)=O)n1. The Morgan fingerprint density at radius 2 is 2.14 bits per heavy atom. The molecule has 0 bridgehead atoms. The van der Waals surface area contributed by atoms with Crippen molar-refractivity contribution in [2.24, 2.45) is 0 Å². The number of methoxy groups -OCH3 is 1. The van der Waals surface area contributed by atoms with Gasteiger partial charge in [-0.25, -0.2) is 4.98 Å². The van der Waals surface area contributed by atoms with Gasteiger partial charge in [-0.15, -0.1) is 0 Å². The third kappa shape index (κ3) is 3.71. The highest BCUT2D eigenvalue weighted by atomic mass is 32.2. The third-order valence-electron chi connectivity index (χ3n) is 1.41. The molecule has 0 saturated heterocycles. The molecule has 0 aromatic carbocycles. The van der Waals surface area contributed by atoms with Crippen molar-refractivity contribution >= 4 is 10.1 Å². The Kier molecular flexibility index (Phi) is 3.43. The zero-order valence-corrected chi connectivity index (χ0v) is 8.74. The van der Waals surface area contributed by atoms with E-state index in [2.05, 4.69) is 9.17 Å². The second-order valence-electron chi connectivity index (χ2n) is 2.64. The molecule has 0 fully saturated rings. The summed E-state index contributed by atoms with van der Waals surface area (Å²) in [6.07, 6.45) is 0.993. The van der Waals surface area contributed by atoms with E-state index >= 15 is 0 Å². The van der Waals surface area contributed by atoms with Gasteiger partial charge >= 0.3 is 0 Å². The summed E-state index contributed by atoms with van der Waals surface area (Å²) in [6, 6.07) is 5.05. The second kappa shape index (κ2) is 4.39. The largest absolute Gasteiger partial charge is 0.481 e. The van der Waals surface area contributed by atoms with Crippen molar-refractivity contribution in [3.05, 3.63) is 23.9 Å².